The summed E-state index contributed by atoms with van der Waals surface area (Å²) in [6.45, 7) is 0.185. The Kier molecular flexibility index (Phi) is 1.66. The number of hydrogen-bond acceptors (Lipinski definition) is 6. The fourth-order valence-electron chi connectivity index (χ4n) is 1.15. The lowest BCUT2D eigenvalue weighted by atomic mass is 10.4. The minimum Gasteiger partial charge on any atom is -0.394 e. The van der Waals surface area contributed by atoms with Gasteiger partial charge in [0.2, 0.25) is 0 Å². The lowest BCUT2D eigenvalue weighted by Crippen LogP contribution is -2.40. The van der Waals surface area contributed by atoms with Gasteiger partial charge in [-0.15, -0.1) is 0 Å². The van der Waals surface area contributed by atoms with Crippen molar-refractivity contribution in [1.82, 2.24) is 4.90 Å². The molecule has 13 heavy (non-hydrogen) atoms. The van der Waals surface area contributed by atoms with Gasteiger partial charge in [-0.25, -0.2) is 4.99 Å². The van der Waals surface area contributed by atoms with Gasteiger partial charge in [0.15, 0.2) is 6.23 Å². The molecule has 0 saturated heterocycles. The van der Waals surface area contributed by atoms with E-state index in [1.54, 1.807) is 0 Å². The van der Waals surface area contributed by atoms with Crippen LogP contribution in [0.4, 0.5) is 0 Å². The number of ether oxygens (including phenoxy) is 1. The molecule has 7 nitrogen and oxygen atoms in total. The third-order valence-electron chi connectivity index (χ3n) is 1.78. The first-order chi connectivity index (χ1) is 6.18. The van der Waals surface area contributed by atoms with Crippen LogP contribution >= 0.6 is 0 Å². The number of rotatable bonds is 1. The van der Waals surface area contributed by atoms with Crippen molar-refractivity contribution in [2.24, 2.45) is 4.99 Å². The van der Waals surface area contributed by atoms with E-state index < -0.39 is 17.4 Å². The second kappa shape index (κ2) is 2.70. The summed E-state index contributed by atoms with van der Waals surface area (Å²) in [6, 6.07) is 0.108. The molecule has 0 amide bonds. The van der Waals surface area contributed by atoms with Gasteiger partial charge in [0.25, 0.3) is 6.02 Å². The number of hydrogen-bond donors (Lipinski definition) is 1. The van der Waals surface area contributed by atoms with Crippen molar-refractivity contribution in [2.45, 2.75) is 12.5 Å². The van der Waals surface area contributed by atoms with E-state index in [4.69, 9.17) is 4.74 Å². The highest BCUT2D eigenvalue weighted by Gasteiger charge is 2.34. The van der Waals surface area contributed by atoms with Gasteiger partial charge in [-0.1, -0.05) is 0 Å². The highest BCUT2D eigenvalue weighted by Crippen LogP contribution is 2.16. The van der Waals surface area contributed by atoms with Crippen LogP contribution in [0.2, 0.25) is 0 Å². The molecule has 0 spiro atoms. The van der Waals surface area contributed by atoms with Crippen molar-refractivity contribution in [2.75, 3.05) is 6.54 Å². The molecule has 2 rings (SSSR count). The van der Waals surface area contributed by atoms with E-state index >= 15 is 0 Å². The maximum Gasteiger partial charge on any atom is 0.377 e. The largest absolute Gasteiger partial charge is 0.394 e. The summed E-state index contributed by atoms with van der Waals surface area (Å²) in [5.41, 5.74) is 0. The van der Waals surface area contributed by atoms with Crippen LogP contribution in [-0.2, 0) is 4.74 Å². The van der Waals surface area contributed by atoms with Crippen LogP contribution in [0.15, 0.2) is 17.3 Å². The van der Waals surface area contributed by atoms with Crippen molar-refractivity contribution >= 4 is 6.02 Å². The summed E-state index contributed by atoms with van der Waals surface area (Å²) in [5, 5.41) is 19.6. The SMILES string of the molecule is O=[N+]([O-])[C@@H]1C=CN2C(=NCC2O)O1. The van der Waals surface area contributed by atoms with Gasteiger partial charge < -0.3 is 9.84 Å². The summed E-state index contributed by atoms with van der Waals surface area (Å²) in [6.07, 6.45) is 0.709. The molecule has 0 saturated carbocycles. The van der Waals surface area contributed by atoms with Crippen LogP contribution in [-0.4, -0.2) is 40.0 Å². The highest BCUT2D eigenvalue weighted by atomic mass is 16.7. The number of amidine groups is 1. The van der Waals surface area contributed by atoms with Gasteiger partial charge in [-0.05, 0) is 0 Å². The van der Waals surface area contributed by atoms with Crippen LogP contribution < -0.4 is 0 Å². The maximum absolute atomic E-state index is 10.3. The van der Waals surface area contributed by atoms with Gasteiger partial charge in [-0.3, -0.25) is 15.0 Å². The smallest absolute Gasteiger partial charge is 0.377 e. The first-order valence-electron chi connectivity index (χ1n) is 3.68. The second-order valence-corrected chi connectivity index (χ2v) is 2.65. The second-order valence-electron chi connectivity index (χ2n) is 2.65. The number of aliphatic hydroxyl groups excluding tert-OH is 1. The molecule has 2 heterocycles. The molecule has 0 fully saturated rings. The minimum absolute atomic E-state index is 0.108. The normalized spacial score (nSPS) is 30.8. The van der Waals surface area contributed by atoms with E-state index in [-0.39, 0.29) is 12.6 Å². The van der Waals surface area contributed by atoms with Gasteiger partial charge in [0, 0.05) is 12.3 Å². The van der Waals surface area contributed by atoms with E-state index in [0.29, 0.717) is 0 Å². The average molecular weight is 185 g/mol. The molecule has 7 heteroatoms. The lowest BCUT2D eigenvalue weighted by molar-refractivity contribution is -0.552. The number of nitro groups is 1. The monoisotopic (exact) mass is 185 g/mol. The molecule has 0 aromatic rings. The molecule has 2 atom stereocenters. The Labute approximate surface area is 73.1 Å². The quantitative estimate of drug-likeness (QED) is 0.423. The fourth-order valence-corrected chi connectivity index (χ4v) is 1.15. The molecule has 0 aromatic carbocycles. The van der Waals surface area contributed by atoms with E-state index in [0.717, 1.165) is 0 Å². The van der Waals surface area contributed by atoms with E-state index in [2.05, 4.69) is 4.99 Å². The molecule has 1 unspecified atom stereocenters. The Morgan fingerprint density at radius 3 is 3.31 bits per heavy atom. The molecule has 0 aliphatic carbocycles. The Bertz CT molecular complexity index is 300. The summed E-state index contributed by atoms with van der Waals surface area (Å²) in [5.74, 6) is 0. The summed E-state index contributed by atoms with van der Waals surface area (Å²) in [7, 11) is 0. The third-order valence-corrected chi connectivity index (χ3v) is 1.78. The van der Waals surface area contributed by atoms with Crippen LogP contribution in [0.1, 0.15) is 0 Å². The van der Waals surface area contributed by atoms with Crippen molar-refractivity contribution in [3.63, 3.8) is 0 Å². The average Bonchev–Trinajstić information content (AvgIpc) is 2.47. The zero-order chi connectivity index (χ0) is 9.42. The predicted octanol–water partition coefficient (Wildman–Crippen LogP) is -0.877. The molecular weight excluding hydrogens is 178 g/mol. The topological polar surface area (TPSA) is 88.2 Å². The zero-order valence-electron chi connectivity index (χ0n) is 6.53. The molecule has 0 aromatic heterocycles. The Balaban J connectivity index is 2.18. The summed E-state index contributed by atoms with van der Waals surface area (Å²) < 4.78 is 4.87. The summed E-state index contributed by atoms with van der Waals surface area (Å²) in [4.78, 5) is 14.9. The van der Waals surface area contributed by atoms with E-state index in [9.17, 15) is 15.2 Å². The van der Waals surface area contributed by atoms with Crippen LogP contribution in [0.3, 0.4) is 0 Å². The molecule has 0 bridgehead atoms. The standard InChI is InChI=1S/C6H7N3O4/c10-4-3-7-6-8(4)2-1-5(13-6)9(11)12/h1-2,4-5,10H,3H2/t4?,5-/m0/s1. The van der Waals surface area contributed by atoms with Crippen molar-refractivity contribution in [1.29, 1.82) is 0 Å². The molecule has 70 valence electrons. The van der Waals surface area contributed by atoms with Crippen LogP contribution in [0, 0.1) is 10.1 Å². The van der Waals surface area contributed by atoms with Gasteiger partial charge in [0.1, 0.15) is 0 Å². The van der Waals surface area contributed by atoms with Crippen molar-refractivity contribution in [3.8, 4) is 0 Å². The minimum atomic E-state index is -1.19. The van der Waals surface area contributed by atoms with Crippen molar-refractivity contribution < 1.29 is 14.8 Å². The summed E-state index contributed by atoms with van der Waals surface area (Å²) >= 11 is 0. The molecule has 0 radical (unpaired) electrons. The first-order valence-corrected chi connectivity index (χ1v) is 3.68. The third kappa shape index (κ3) is 1.22. The number of aliphatic imine (C=N–C) groups is 1. The Morgan fingerprint density at radius 2 is 2.62 bits per heavy atom. The van der Waals surface area contributed by atoms with Crippen LogP contribution in [0.25, 0.3) is 0 Å². The van der Waals surface area contributed by atoms with Gasteiger partial charge in [-0.2, -0.15) is 0 Å². The zero-order valence-corrected chi connectivity index (χ0v) is 6.53. The van der Waals surface area contributed by atoms with Gasteiger partial charge in [0.05, 0.1) is 11.5 Å². The number of nitrogens with zero attached hydrogens (tertiary/aromatic N) is 3. The van der Waals surface area contributed by atoms with Gasteiger partial charge >= 0.3 is 6.23 Å². The number of aliphatic hydroxyl groups is 1. The lowest BCUT2D eigenvalue weighted by Gasteiger charge is -2.23. The predicted molar refractivity (Wildman–Crippen MR) is 41.2 cm³/mol. The van der Waals surface area contributed by atoms with Crippen molar-refractivity contribution in [3.05, 3.63) is 22.4 Å². The van der Waals surface area contributed by atoms with Crippen LogP contribution in [0.5, 0.6) is 0 Å². The number of fused-ring (bicyclic) bond motifs is 1. The van der Waals surface area contributed by atoms with E-state index in [1.807, 2.05) is 0 Å². The fraction of sp³-hybridized carbons (Fsp3) is 0.500. The molecular formula is C6H7N3O4. The van der Waals surface area contributed by atoms with E-state index in [1.165, 1.54) is 17.2 Å². The maximum atomic E-state index is 10.3. The Morgan fingerprint density at radius 1 is 1.85 bits per heavy atom. The first kappa shape index (κ1) is 7.99. The highest BCUT2D eigenvalue weighted by molar-refractivity contribution is 5.77. The molecule has 1 N–H and O–H groups in total. The molecule has 2 aliphatic heterocycles. The molecule has 2 aliphatic rings. The Hall–Kier alpha value is -1.63.